The number of benzene rings is 1. The van der Waals surface area contributed by atoms with Gasteiger partial charge >= 0.3 is 0 Å². The first-order valence-corrected chi connectivity index (χ1v) is 12.0. The van der Waals surface area contributed by atoms with Crippen molar-refractivity contribution in [2.45, 2.75) is 57.5 Å². The molecule has 0 atom stereocenters. The van der Waals surface area contributed by atoms with Crippen LogP contribution in [0.4, 0.5) is 5.82 Å². The minimum atomic E-state index is -0.0263. The molecule has 0 aliphatic rings. The third-order valence-corrected chi connectivity index (χ3v) is 5.47. The predicted molar refractivity (Wildman–Crippen MR) is 129 cm³/mol. The lowest BCUT2D eigenvalue weighted by Crippen LogP contribution is -2.28. The summed E-state index contributed by atoms with van der Waals surface area (Å²) in [6, 6.07) is 7.61. The van der Waals surface area contributed by atoms with E-state index in [1.165, 1.54) is 0 Å². The second kappa shape index (κ2) is 11.7. The van der Waals surface area contributed by atoms with E-state index in [0.717, 1.165) is 46.3 Å². The Labute approximate surface area is 193 Å². The first-order valence-electron chi connectivity index (χ1n) is 11.1. The smallest absolute Gasteiger partial charge is 0.224 e. The van der Waals surface area contributed by atoms with Crippen LogP contribution in [0, 0.1) is 0 Å². The third kappa shape index (κ3) is 6.59. The number of ether oxygens (including phenoxy) is 1. The van der Waals surface area contributed by atoms with Crippen LogP contribution in [-0.4, -0.2) is 50.6 Å². The summed E-state index contributed by atoms with van der Waals surface area (Å²) < 4.78 is 7.27. The summed E-state index contributed by atoms with van der Waals surface area (Å²) in [5.41, 5.74) is 1.73. The molecule has 0 saturated heterocycles. The maximum Gasteiger partial charge on any atom is 0.224 e. The average Bonchev–Trinajstić information content (AvgIpc) is 3.16. The van der Waals surface area contributed by atoms with Gasteiger partial charge in [-0.3, -0.25) is 4.79 Å². The number of thioether (sulfide) groups is 1. The average molecular weight is 457 g/mol. The van der Waals surface area contributed by atoms with Gasteiger partial charge in [-0.05, 0) is 31.0 Å². The molecule has 0 saturated carbocycles. The molecular weight excluding hydrogens is 424 g/mol. The van der Waals surface area contributed by atoms with E-state index in [4.69, 9.17) is 9.72 Å². The van der Waals surface area contributed by atoms with Gasteiger partial charge in [-0.15, -0.1) is 0 Å². The molecule has 32 heavy (non-hydrogen) atoms. The molecular formula is C23H32N6O2S. The maximum absolute atomic E-state index is 12.4. The monoisotopic (exact) mass is 456 g/mol. The quantitative estimate of drug-likeness (QED) is 0.315. The first-order chi connectivity index (χ1) is 15.5. The Kier molecular flexibility index (Phi) is 8.72. The molecule has 2 aromatic heterocycles. The fourth-order valence-corrected chi connectivity index (χ4v) is 3.86. The number of hydrogen-bond donors (Lipinski definition) is 2. The van der Waals surface area contributed by atoms with Crippen molar-refractivity contribution in [1.29, 1.82) is 0 Å². The van der Waals surface area contributed by atoms with E-state index >= 15 is 0 Å². The van der Waals surface area contributed by atoms with Gasteiger partial charge in [0.25, 0.3) is 0 Å². The highest BCUT2D eigenvalue weighted by Gasteiger charge is 2.14. The molecule has 2 heterocycles. The van der Waals surface area contributed by atoms with Gasteiger partial charge in [0.05, 0.1) is 31.2 Å². The zero-order valence-corrected chi connectivity index (χ0v) is 20.0. The third-order valence-electron chi connectivity index (χ3n) is 4.60. The van der Waals surface area contributed by atoms with Crippen LogP contribution in [-0.2, 0) is 17.8 Å². The summed E-state index contributed by atoms with van der Waals surface area (Å²) >= 11 is 1.62. The van der Waals surface area contributed by atoms with Crippen LogP contribution < -0.4 is 15.4 Å². The molecule has 1 amide bonds. The molecule has 9 heteroatoms. The molecule has 2 N–H and O–H groups in total. The van der Waals surface area contributed by atoms with Crippen LogP contribution in [0.25, 0.3) is 11.0 Å². The van der Waals surface area contributed by atoms with Crippen LogP contribution in [0.5, 0.6) is 5.75 Å². The van der Waals surface area contributed by atoms with Gasteiger partial charge in [0, 0.05) is 18.3 Å². The van der Waals surface area contributed by atoms with E-state index < -0.39 is 0 Å². The van der Waals surface area contributed by atoms with E-state index in [1.54, 1.807) is 18.0 Å². The highest BCUT2D eigenvalue weighted by Crippen LogP contribution is 2.26. The molecule has 8 nitrogen and oxygen atoms in total. The van der Waals surface area contributed by atoms with E-state index in [0.29, 0.717) is 31.4 Å². The number of rotatable bonds is 12. The zero-order chi connectivity index (χ0) is 22.9. The van der Waals surface area contributed by atoms with E-state index in [1.807, 2.05) is 35.9 Å². The fraction of sp³-hybridized carbons (Fsp3) is 0.478. The van der Waals surface area contributed by atoms with Crippen LogP contribution >= 0.6 is 11.8 Å². The van der Waals surface area contributed by atoms with Gasteiger partial charge in [-0.1, -0.05) is 44.7 Å². The van der Waals surface area contributed by atoms with Crippen LogP contribution in [0.1, 0.15) is 39.7 Å². The maximum atomic E-state index is 12.4. The van der Waals surface area contributed by atoms with Gasteiger partial charge in [0.15, 0.2) is 10.8 Å². The summed E-state index contributed by atoms with van der Waals surface area (Å²) in [6.45, 7) is 10.8. The summed E-state index contributed by atoms with van der Waals surface area (Å²) in [5.74, 6) is 1.60. The summed E-state index contributed by atoms with van der Waals surface area (Å²) in [7, 11) is 0. The Morgan fingerprint density at radius 1 is 1.16 bits per heavy atom. The normalized spacial score (nSPS) is 11.2. The van der Waals surface area contributed by atoms with E-state index in [9.17, 15) is 4.79 Å². The van der Waals surface area contributed by atoms with Crippen molar-refractivity contribution in [1.82, 2.24) is 25.1 Å². The van der Waals surface area contributed by atoms with Crippen LogP contribution in [0.3, 0.4) is 0 Å². The Hall–Kier alpha value is -2.81. The number of fused-ring (bicyclic) bond motifs is 1. The molecule has 0 radical (unpaired) electrons. The molecule has 0 spiro atoms. The zero-order valence-electron chi connectivity index (χ0n) is 19.2. The molecule has 0 aliphatic carbocycles. The lowest BCUT2D eigenvalue weighted by Gasteiger charge is -2.10. The Morgan fingerprint density at radius 3 is 2.62 bits per heavy atom. The van der Waals surface area contributed by atoms with Gasteiger partial charge < -0.3 is 15.4 Å². The van der Waals surface area contributed by atoms with Crippen molar-refractivity contribution < 1.29 is 9.53 Å². The Morgan fingerprint density at radius 2 is 1.94 bits per heavy atom. The second-order valence-electron chi connectivity index (χ2n) is 7.66. The summed E-state index contributed by atoms with van der Waals surface area (Å²) in [6.07, 6.45) is 3.13. The largest absolute Gasteiger partial charge is 0.494 e. The molecule has 3 rings (SSSR count). The Balaban J connectivity index is 1.63. The minimum Gasteiger partial charge on any atom is -0.494 e. The summed E-state index contributed by atoms with van der Waals surface area (Å²) in [4.78, 5) is 21.7. The van der Waals surface area contributed by atoms with Gasteiger partial charge in [-0.25, -0.2) is 14.6 Å². The number of aromatic nitrogens is 4. The van der Waals surface area contributed by atoms with Crippen molar-refractivity contribution in [3.63, 3.8) is 0 Å². The predicted octanol–water partition coefficient (Wildman–Crippen LogP) is 3.91. The molecule has 1 aromatic carbocycles. The van der Waals surface area contributed by atoms with Crippen molar-refractivity contribution >= 4 is 34.5 Å². The highest BCUT2D eigenvalue weighted by molar-refractivity contribution is 7.99. The first kappa shape index (κ1) is 23.8. The number of carbonyl (C=O) groups is 1. The minimum absolute atomic E-state index is 0.0263. The standard InChI is InChI=1S/C23H32N6O2S/c1-5-11-25-21-19-15-26-29(22(19)28-23(27-21)32-16(3)4)13-12-24-20(30)14-17-7-9-18(10-8-17)31-6-2/h7-10,15-16H,5-6,11-14H2,1-4H3,(H,24,30)(H,25,27,28). The second-order valence-corrected chi connectivity index (χ2v) is 9.20. The number of nitrogens with one attached hydrogen (secondary N) is 2. The van der Waals surface area contributed by atoms with Gasteiger partial charge in [0.1, 0.15) is 11.6 Å². The van der Waals surface area contributed by atoms with Gasteiger partial charge in [0.2, 0.25) is 5.91 Å². The van der Waals surface area contributed by atoms with Crippen molar-refractivity contribution in [2.75, 3.05) is 25.0 Å². The molecule has 3 aromatic rings. The molecule has 0 fully saturated rings. The van der Waals surface area contributed by atoms with E-state index in [2.05, 4.69) is 41.5 Å². The lowest BCUT2D eigenvalue weighted by atomic mass is 10.1. The highest BCUT2D eigenvalue weighted by atomic mass is 32.2. The van der Waals surface area contributed by atoms with Crippen molar-refractivity contribution in [3.05, 3.63) is 36.0 Å². The number of carbonyl (C=O) groups excluding carboxylic acids is 1. The van der Waals surface area contributed by atoms with Gasteiger partial charge in [-0.2, -0.15) is 5.10 Å². The Bertz CT molecular complexity index is 1020. The summed E-state index contributed by atoms with van der Waals surface area (Å²) in [5, 5.41) is 12.9. The van der Waals surface area contributed by atoms with Crippen LogP contribution in [0.2, 0.25) is 0 Å². The van der Waals surface area contributed by atoms with Crippen molar-refractivity contribution in [2.24, 2.45) is 0 Å². The number of nitrogens with zero attached hydrogens (tertiary/aromatic N) is 4. The molecule has 0 aliphatic heterocycles. The molecule has 0 unspecified atom stereocenters. The number of hydrogen-bond acceptors (Lipinski definition) is 7. The van der Waals surface area contributed by atoms with Crippen LogP contribution in [0.15, 0.2) is 35.6 Å². The lowest BCUT2D eigenvalue weighted by molar-refractivity contribution is -0.120. The number of amides is 1. The fourth-order valence-electron chi connectivity index (χ4n) is 3.16. The molecule has 172 valence electrons. The van der Waals surface area contributed by atoms with Crippen molar-refractivity contribution in [3.8, 4) is 5.75 Å². The SMILES string of the molecule is CCCNc1nc(SC(C)C)nc2c1cnn2CCNC(=O)Cc1ccc(OCC)cc1. The topological polar surface area (TPSA) is 94.0 Å². The molecule has 0 bridgehead atoms. The number of anilines is 1. The van der Waals surface area contributed by atoms with E-state index in [-0.39, 0.29) is 5.91 Å².